The van der Waals surface area contributed by atoms with Crippen LogP contribution in [-0.2, 0) is 14.8 Å². The largest absolute Gasteiger partial charge is 0.320 e. The second kappa shape index (κ2) is 4.62. The molecule has 1 amide bonds. The average molecular weight is 292 g/mol. The van der Waals surface area contributed by atoms with E-state index in [1.165, 1.54) is 13.8 Å². The van der Waals surface area contributed by atoms with E-state index in [0.717, 1.165) is 4.31 Å². The van der Waals surface area contributed by atoms with Crippen LogP contribution in [-0.4, -0.2) is 25.6 Å². The van der Waals surface area contributed by atoms with Crippen molar-refractivity contribution >= 4 is 21.6 Å². The van der Waals surface area contributed by atoms with E-state index in [9.17, 15) is 13.2 Å². The summed E-state index contributed by atoms with van der Waals surface area (Å²) in [6, 6.07) is 5.11. The summed E-state index contributed by atoms with van der Waals surface area (Å²) in [6.07, 6.45) is 0. The number of sulfonamides is 1. The molecule has 0 atom stereocenters. The average Bonchev–Trinajstić information content (AvgIpc) is 2.39. The highest BCUT2D eigenvalue weighted by Crippen LogP contribution is 2.40. The minimum atomic E-state index is -3.65. The first-order valence-electron chi connectivity index (χ1n) is 6.12. The molecule has 1 heterocycles. The van der Waals surface area contributed by atoms with Gasteiger partial charge >= 0.3 is 0 Å². The smallest absolute Gasteiger partial charge is 0.263 e. The number of rotatable bonds is 1. The van der Waals surface area contributed by atoms with Crippen LogP contribution in [0.25, 0.3) is 0 Å². The molecule has 1 aliphatic heterocycles. The molecule has 5 nitrogen and oxygen atoms in total. The SMILES string of the molecule is Cc1ccc(C#CCN)cc1N1C(=O)C(C)(C)S1(=O)=O. The first-order valence-corrected chi connectivity index (χ1v) is 7.56. The molecule has 6 heteroatoms. The van der Waals surface area contributed by atoms with Gasteiger partial charge in [-0.05, 0) is 38.5 Å². The van der Waals surface area contributed by atoms with Crippen LogP contribution in [0.2, 0.25) is 0 Å². The van der Waals surface area contributed by atoms with Crippen molar-refractivity contribution in [3.63, 3.8) is 0 Å². The number of hydrogen-bond acceptors (Lipinski definition) is 4. The lowest BCUT2D eigenvalue weighted by Crippen LogP contribution is -2.67. The Morgan fingerprint density at radius 3 is 2.55 bits per heavy atom. The zero-order chi connectivity index (χ0) is 15.1. The molecule has 1 saturated heterocycles. The lowest BCUT2D eigenvalue weighted by atomic mass is 10.1. The number of benzene rings is 1. The van der Waals surface area contributed by atoms with Gasteiger partial charge in [-0.15, -0.1) is 0 Å². The van der Waals surface area contributed by atoms with E-state index in [-0.39, 0.29) is 6.54 Å². The van der Waals surface area contributed by atoms with Gasteiger partial charge in [-0.2, -0.15) is 0 Å². The predicted molar refractivity (Wildman–Crippen MR) is 77.6 cm³/mol. The minimum Gasteiger partial charge on any atom is -0.320 e. The summed E-state index contributed by atoms with van der Waals surface area (Å²) in [5.41, 5.74) is 7.00. The molecule has 2 N–H and O–H groups in total. The molecule has 1 fully saturated rings. The predicted octanol–water partition coefficient (Wildman–Crippen LogP) is 0.760. The van der Waals surface area contributed by atoms with Crippen molar-refractivity contribution in [3.05, 3.63) is 29.3 Å². The molecule has 0 saturated carbocycles. The summed E-state index contributed by atoms with van der Waals surface area (Å²) in [5.74, 6) is 5.10. The lowest BCUT2D eigenvalue weighted by molar-refractivity contribution is -0.120. The van der Waals surface area contributed by atoms with Crippen LogP contribution in [0.4, 0.5) is 5.69 Å². The monoisotopic (exact) mass is 292 g/mol. The van der Waals surface area contributed by atoms with Crippen LogP contribution in [0.1, 0.15) is 25.0 Å². The van der Waals surface area contributed by atoms with E-state index < -0.39 is 20.7 Å². The lowest BCUT2D eigenvalue weighted by Gasteiger charge is -2.43. The number of carbonyl (C=O) groups excluding carboxylic acids is 1. The highest BCUT2D eigenvalue weighted by molar-refractivity contribution is 7.98. The normalized spacial score (nSPS) is 19.0. The van der Waals surface area contributed by atoms with Gasteiger partial charge in [0.25, 0.3) is 15.9 Å². The summed E-state index contributed by atoms with van der Waals surface area (Å²) < 4.78 is 23.9. The van der Waals surface area contributed by atoms with Gasteiger partial charge in [-0.1, -0.05) is 17.9 Å². The zero-order valence-electron chi connectivity index (χ0n) is 11.6. The highest BCUT2D eigenvalue weighted by Gasteiger charge is 2.61. The Hall–Kier alpha value is -1.84. The van der Waals surface area contributed by atoms with Gasteiger partial charge in [0, 0.05) is 5.56 Å². The van der Waals surface area contributed by atoms with Crippen molar-refractivity contribution in [3.8, 4) is 11.8 Å². The van der Waals surface area contributed by atoms with Crippen molar-refractivity contribution in [2.45, 2.75) is 25.5 Å². The van der Waals surface area contributed by atoms with Crippen LogP contribution < -0.4 is 10.0 Å². The Kier molecular flexibility index (Phi) is 3.36. The van der Waals surface area contributed by atoms with Crippen LogP contribution in [0.3, 0.4) is 0 Å². The van der Waals surface area contributed by atoms with Gasteiger partial charge in [0.15, 0.2) is 4.75 Å². The molecule has 0 aliphatic carbocycles. The Morgan fingerprint density at radius 1 is 1.35 bits per heavy atom. The fourth-order valence-corrected chi connectivity index (χ4v) is 3.49. The van der Waals surface area contributed by atoms with Crippen molar-refractivity contribution in [1.29, 1.82) is 0 Å². The first kappa shape index (κ1) is 14.6. The Morgan fingerprint density at radius 2 is 2.00 bits per heavy atom. The van der Waals surface area contributed by atoms with Crippen LogP contribution in [0, 0.1) is 18.8 Å². The maximum Gasteiger partial charge on any atom is 0.263 e. The molecule has 1 aromatic rings. The summed E-state index contributed by atoms with van der Waals surface area (Å²) in [7, 11) is -3.65. The number of aryl methyl sites for hydroxylation is 1. The third-order valence-electron chi connectivity index (χ3n) is 3.35. The maximum absolute atomic E-state index is 12.2. The number of nitrogens with zero attached hydrogens (tertiary/aromatic N) is 1. The Bertz CT molecular complexity index is 739. The molecular weight excluding hydrogens is 276 g/mol. The first-order chi connectivity index (χ1) is 9.23. The van der Waals surface area contributed by atoms with Crippen molar-refractivity contribution in [2.24, 2.45) is 5.73 Å². The molecule has 0 bridgehead atoms. The van der Waals surface area contributed by atoms with Crippen LogP contribution in [0.5, 0.6) is 0 Å². The van der Waals surface area contributed by atoms with Gasteiger partial charge in [-0.25, -0.2) is 12.7 Å². The molecule has 0 unspecified atom stereocenters. The summed E-state index contributed by atoms with van der Waals surface area (Å²) in [4.78, 5) is 12.1. The van der Waals surface area contributed by atoms with Crippen molar-refractivity contribution < 1.29 is 13.2 Å². The number of anilines is 1. The summed E-state index contributed by atoms with van der Waals surface area (Å²) >= 11 is 0. The molecule has 106 valence electrons. The second-order valence-electron chi connectivity index (χ2n) is 5.09. The number of amides is 1. The van der Waals surface area contributed by atoms with Crippen molar-refractivity contribution in [2.75, 3.05) is 10.8 Å². The van der Waals surface area contributed by atoms with Gasteiger partial charge in [0.1, 0.15) is 0 Å². The second-order valence-corrected chi connectivity index (χ2v) is 7.43. The van der Waals surface area contributed by atoms with E-state index in [4.69, 9.17) is 5.73 Å². The van der Waals surface area contributed by atoms with Gasteiger partial charge < -0.3 is 5.73 Å². The van der Waals surface area contributed by atoms with Gasteiger partial charge in [0.05, 0.1) is 12.2 Å². The van der Waals surface area contributed by atoms with E-state index in [1.807, 2.05) is 0 Å². The number of nitrogens with two attached hydrogens (primary N) is 1. The highest BCUT2D eigenvalue weighted by atomic mass is 32.2. The van der Waals surface area contributed by atoms with Gasteiger partial charge in [-0.3, -0.25) is 4.79 Å². The quantitative estimate of drug-likeness (QED) is 0.775. The Balaban J connectivity index is 2.52. The fourth-order valence-electron chi connectivity index (χ4n) is 1.95. The number of hydrogen-bond donors (Lipinski definition) is 1. The zero-order valence-corrected chi connectivity index (χ0v) is 12.4. The molecule has 1 aliphatic rings. The molecule has 1 aromatic carbocycles. The molecule has 0 spiro atoms. The molecule has 0 radical (unpaired) electrons. The maximum atomic E-state index is 12.2. The van der Waals surface area contributed by atoms with Crippen LogP contribution >= 0.6 is 0 Å². The molecular formula is C14H16N2O3S. The van der Waals surface area contributed by atoms with E-state index in [0.29, 0.717) is 16.8 Å². The third-order valence-corrected chi connectivity index (χ3v) is 5.66. The Labute approximate surface area is 118 Å². The summed E-state index contributed by atoms with van der Waals surface area (Å²) in [6.45, 7) is 4.80. The summed E-state index contributed by atoms with van der Waals surface area (Å²) in [5, 5.41) is 0. The number of carbonyl (C=O) groups is 1. The molecule has 20 heavy (non-hydrogen) atoms. The van der Waals surface area contributed by atoms with E-state index in [1.54, 1.807) is 25.1 Å². The van der Waals surface area contributed by atoms with E-state index >= 15 is 0 Å². The van der Waals surface area contributed by atoms with Crippen molar-refractivity contribution in [1.82, 2.24) is 0 Å². The fraction of sp³-hybridized carbons (Fsp3) is 0.357. The topological polar surface area (TPSA) is 80.5 Å². The molecule has 0 aromatic heterocycles. The van der Waals surface area contributed by atoms with E-state index in [2.05, 4.69) is 11.8 Å². The third kappa shape index (κ3) is 1.90. The van der Waals surface area contributed by atoms with Crippen LogP contribution in [0.15, 0.2) is 18.2 Å². The minimum absolute atomic E-state index is 0.219. The van der Waals surface area contributed by atoms with Gasteiger partial charge in [0.2, 0.25) is 0 Å². The standard InChI is InChI=1S/C14H16N2O3S/c1-10-6-7-11(5-4-8-15)9-12(10)16-13(17)14(2,3)20(16,18)19/h6-7,9H,8,15H2,1-3H3. The molecule has 2 rings (SSSR count).